The maximum absolute atomic E-state index is 5.22. The lowest BCUT2D eigenvalue weighted by Gasteiger charge is -2.07. The van der Waals surface area contributed by atoms with Gasteiger partial charge in [-0.25, -0.2) is 0 Å². The van der Waals surface area contributed by atoms with E-state index in [4.69, 9.17) is 11.8 Å². The first-order valence-electron chi connectivity index (χ1n) is 2.24. The van der Waals surface area contributed by atoms with Gasteiger partial charge in [-0.05, 0) is 19.1 Å². The standard InChI is InChI=1S/C4H11PS2/c1-4-5(2,6)7-3/h4H2,1-3H3. The summed E-state index contributed by atoms with van der Waals surface area (Å²) in [4.78, 5) is 0. The van der Waals surface area contributed by atoms with Gasteiger partial charge >= 0.3 is 0 Å². The van der Waals surface area contributed by atoms with Crippen molar-refractivity contribution in [2.75, 3.05) is 19.1 Å². The van der Waals surface area contributed by atoms with Gasteiger partial charge in [0.2, 0.25) is 0 Å². The normalized spacial score (nSPS) is 18.7. The Hall–Kier alpha value is 1.00. The predicted molar refractivity (Wildman–Crippen MR) is 44.3 cm³/mol. The van der Waals surface area contributed by atoms with E-state index < -0.39 is 5.24 Å². The molecule has 0 saturated carbocycles. The van der Waals surface area contributed by atoms with Crippen LogP contribution < -0.4 is 0 Å². The highest BCUT2D eigenvalue weighted by Gasteiger charge is 2.00. The third kappa shape index (κ3) is 3.57. The molecule has 7 heavy (non-hydrogen) atoms. The van der Waals surface area contributed by atoms with E-state index in [1.807, 2.05) is 11.4 Å². The number of rotatable bonds is 2. The minimum atomic E-state index is -0.904. The molecule has 1 atom stereocenters. The zero-order valence-electron chi connectivity index (χ0n) is 4.97. The second-order valence-electron chi connectivity index (χ2n) is 1.51. The van der Waals surface area contributed by atoms with E-state index in [1.54, 1.807) is 0 Å². The fourth-order valence-electron chi connectivity index (χ4n) is 0.129. The molecule has 0 heterocycles. The van der Waals surface area contributed by atoms with E-state index in [0.29, 0.717) is 0 Å². The van der Waals surface area contributed by atoms with Crippen LogP contribution in [0.1, 0.15) is 6.92 Å². The second kappa shape index (κ2) is 3.11. The van der Waals surface area contributed by atoms with Crippen LogP contribution in [0.4, 0.5) is 0 Å². The summed E-state index contributed by atoms with van der Waals surface area (Å²) < 4.78 is 0. The summed E-state index contributed by atoms with van der Waals surface area (Å²) in [6, 6.07) is 0. The van der Waals surface area contributed by atoms with Crippen LogP contribution in [0, 0.1) is 0 Å². The molecule has 1 unspecified atom stereocenters. The van der Waals surface area contributed by atoms with Crippen molar-refractivity contribution in [3.8, 4) is 0 Å². The predicted octanol–water partition coefficient (Wildman–Crippen LogP) is 2.39. The molecule has 0 nitrogen and oxygen atoms in total. The summed E-state index contributed by atoms with van der Waals surface area (Å²) in [6.45, 7) is 4.35. The van der Waals surface area contributed by atoms with Crippen molar-refractivity contribution < 1.29 is 0 Å². The molecule has 0 rings (SSSR count). The van der Waals surface area contributed by atoms with Crippen molar-refractivity contribution in [1.82, 2.24) is 0 Å². The van der Waals surface area contributed by atoms with Crippen LogP contribution in [0.2, 0.25) is 0 Å². The van der Waals surface area contributed by atoms with Crippen LogP contribution >= 0.6 is 16.6 Å². The first-order chi connectivity index (χ1) is 3.12. The molecule has 0 aromatic heterocycles. The molecule has 0 bridgehead atoms. The molecule has 44 valence electrons. The zero-order valence-corrected chi connectivity index (χ0v) is 7.50. The molecule has 0 spiro atoms. The van der Waals surface area contributed by atoms with E-state index in [9.17, 15) is 0 Å². The second-order valence-corrected chi connectivity index (χ2v) is 11.2. The lowest BCUT2D eigenvalue weighted by Crippen LogP contribution is -1.71. The molecule has 0 aliphatic heterocycles. The maximum Gasteiger partial charge on any atom is 0.00307 e. The average molecular weight is 154 g/mol. The van der Waals surface area contributed by atoms with Crippen molar-refractivity contribution in [1.29, 1.82) is 0 Å². The van der Waals surface area contributed by atoms with Gasteiger partial charge in [-0.2, -0.15) is 0 Å². The summed E-state index contributed by atoms with van der Waals surface area (Å²) in [7, 11) is 0. The van der Waals surface area contributed by atoms with Gasteiger partial charge in [-0.3, -0.25) is 0 Å². The summed E-state index contributed by atoms with van der Waals surface area (Å²) >= 11 is 7.07. The van der Waals surface area contributed by atoms with Crippen LogP contribution in [0.5, 0.6) is 0 Å². The SMILES string of the molecule is CCP(C)(=S)SC. The van der Waals surface area contributed by atoms with Crippen LogP contribution in [0.15, 0.2) is 0 Å². The summed E-state index contributed by atoms with van der Waals surface area (Å²) in [5.74, 6) is 0. The zero-order chi connectivity index (χ0) is 5.91. The van der Waals surface area contributed by atoms with E-state index in [1.165, 1.54) is 6.16 Å². The lowest BCUT2D eigenvalue weighted by molar-refractivity contribution is 1.51. The highest BCUT2D eigenvalue weighted by molar-refractivity contribution is 8.70. The summed E-state index contributed by atoms with van der Waals surface area (Å²) in [5.41, 5.74) is 0. The van der Waals surface area contributed by atoms with Crippen molar-refractivity contribution in [3.63, 3.8) is 0 Å². The Bertz CT molecular complexity index is 81.7. The number of hydrogen-bond acceptors (Lipinski definition) is 2. The molecular weight excluding hydrogens is 143 g/mol. The summed E-state index contributed by atoms with van der Waals surface area (Å²) in [6.07, 6.45) is 3.29. The van der Waals surface area contributed by atoms with Crippen LogP contribution in [0.25, 0.3) is 0 Å². The first-order valence-corrected chi connectivity index (χ1v) is 7.51. The van der Waals surface area contributed by atoms with Crippen molar-refractivity contribution in [2.45, 2.75) is 6.92 Å². The fourth-order valence-corrected chi connectivity index (χ4v) is 1.16. The smallest absolute Gasteiger partial charge is 0.00307 e. The third-order valence-electron chi connectivity index (χ3n) is 0.961. The number of hydrogen-bond donors (Lipinski definition) is 0. The molecule has 0 fully saturated rings. The van der Waals surface area contributed by atoms with Gasteiger partial charge in [0.25, 0.3) is 0 Å². The monoisotopic (exact) mass is 154 g/mol. The Kier molecular flexibility index (Phi) is 3.56. The molecule has 0 aromatic carbocycles. The van der Waals surface area contributed by atoms with Gasteiger partial charge in [0.05, 0.1) is 0 Å². The van der Waals surface area contributed by atoms with Gasteiger partial charge in [-0.1, -0.05) is 18.7 Å². The Morgan fingerprint density at radius 3 is 2.14 bits per heavy atom. The largest absolute Gasteiger partial charge is 0.128 e. The van der Waals surface area contributed by atoms with Gasteiger partial charge in [-0.15, -0.1) is 11.4 Å². The van der Waals surface area contributed by atoms with Gasteiger partial charge in [0.15, 0.2) is 0 Å². The molecule has 3 heteroatoms. The summed E-state index contributed by atoms with van der Waals surface area (Å²) in [5, 5.41) is -0.904. The van der Waals surface area contributed by atoms with E-state index in [-0.39, 0.29) is 0 Å². The third-order valence-corrected chi connectivity index (χ3v) is 8.09. The van der Waals surface area contributed by atoms with E-state index >= 15 is 0 Å². The molecular formula is C4H11PS2. The van der Waals surface area contributed by atoms with Crippen LogP contribution in [0.3, 0.4) is 0 Å². The highest BCUT2D eigenvalue weighted by Crippen LogP contribution is 2.52. The van der Waals surface area contributed by atoms with Crippen molar-refractivity contribution >= 4 is 28.4 Å². The molecule has 0 aliphatic rings. The Labute approximate surface area is 54.8 Å². The lowest BCUT2D eigenvalue weighted by atomic mass is 11.0. The Balaban J connectivity index is 3.61. The highest BCUT2D eigenvalue weighted by atomic mass is 32.9. The van der Waals surface area contributed by atoms with Crippen LogP contribution in [-0.2, 0) is 11.8 Å². The fraction of sp³-hybridized carbons (Fsp3) is 1.00. The van der Waals surface area contributed by atoms with E-state index in [0.717, 1.165) is 0 Å². The molecule has 0 aliphatic carbocycles. The van der Waals surface area contributed by atoms with Crippen LogP contribution in [-0.4, -0.2) is 19.1 Å². The van der Waals surface area contributed by atoms with Gasteiger partial charge in [0, 0.05) is 5.24 Å². The quantitative estimate of drug-likeness (QED) is 0.560. The molecule has 0 radical (unpaired) electrons. The maximum atomic E-state index is 5.22. The molecule has 0 N–H and O–H groups in total. The first kappa shape index (κ1) is 8.00. The molecule has 0 amide bonds. The topological polar surface area (TPSA) is 0 Å². The van der Waals surface area contributed by atoms with E-state index in [2.05, 4.69) is 19.8 Å². The van der Waals surface area contributed by atoms with Crippen molar-refractivity contribution in [2.24, 2.45) is 0 Å². The Morgan fingerprint density at radius 1 is 1.71 bits per heavy atom. The Morgan fingerprint density at radius 2 is 2.14 bits per heavy atom. The molecule has 0 saturated heterocycles. The minimum Gasteiger partial charge on any atom is -0.128 e. The van der Waals surface area contributed by atoms with Gasteiger partial charge < -0.3 is 0 Å². The van der Waals surface area contributed by atoms with Crippen molar-refractivity contribution in [3.05, 3.63) is 0 Å². The average Bonchev–Trinajstić information content (AvgIpc) is 1.68. The van der Waals surface area contributed by atoms with Gasteiger partial charge in [0.1, 0.15) is 0 Å². The minimum absolute atomic E-state index is 0.904. The molecule has 0 aromatic rings.